The van der Waals surface area contributed by atoms with Crippen molar-refractivity contribution in [1.82, 2.24) is 0 Å². The minimum absolute atomic E-state index is 0.144. The van der Waals surface area contributed by atoms with Crippen LogP contribution in [0.1, 0.15) is 13.3 Å². The number of nitrogens with zero attached hydrogens (tertiary/aromatic N) is 1. The molecule has 1 aromatic carbocycles. The molecule has 0 spiro atoms. The fraction of sp³-hybridized carbons (Fsp3) is 0.364. The third-order valence-corrected chi connectivity index (χ3v) is 2.76. The zero-order chi connectivity index (χ0) is 10.8. The van der Waals surface area contributed by atoms with Gasteiger partial charge in [-0.25, -0.2) is 0 Å². The van der Waals surface area contributed by atoms with E-state index in [2.05, 4.69) is 5.32 Å². The van der Waals surface area contributed by atoms with Gasteiger partial charge in [-0.05, 0) is 25.1 Å². The van der Waals surface area contributed by atoms with Crippen LogP contribution < -0.4 is 10.2 Å². The first-order chi connectivity index (χ1) is 7.22. The predicted octanol–water partition coefficient (Wildman–Crippen LogP) is 2.51. The van der Waals surface area contributed by atoms with Crippen molar-refractivity contribution in [3.05, 3.63) is 23.2 Å². The molecule has 1 aliphatic heterocycles. The number of carbonyl (C=O) groups is 1. The molecule has 80 valence electrons. The van der Waals surface area contributed by atoms with Crippen LogP contribution in [-0.2, 0) is 4.79 Å². The highest BCUT2D eigenvalue weighted by atomic mass is 35.5. The maximum absolute atomic E-state index is 11.8. The van der Waals surface area contributed by atoms with E-state index >= 15 is 0 Å². The molecule has 1 aliphatic rings. The van der Waals surface area contributed by atoms with Gasteiger partial charge in [0.15, 0.2) is 0 Å². The molecule has 1 aromatic rings. The second-order valence-electron chi connectivity index (χ2n) is 3.48. The molecule has 1 N–H and O–H groups in total. The van der Waals surface area contributed by atoms with Crippen LogP contribution in [0.25, 0.3) is 0 Å². The fourth-order valence-electron chi connectivity index (χ4n) is 1.80. The minimum Gasteiger partial charge on any atom is -0.383 e. The Balaban J connectivity index is 2.49. The number of carbonyl (C=O) groups excluding carboxylic acids is 1. The molecule has 0 aliphatic carbocycles. The first-order valence-corrected chi connectivity index (χ1v) is 5.44. The predicted molar refractivity (Wildman–Crippen MR) is 62.6 cm³/mol. The van der Waals surface area contributed by atoms with Gasteiger partial charge in [0.05, 0.1) is 11.4 Å². The van der Waals surface area contributed by atoms with E-state index in [9.17, 15) is 4.79 Å². The first-order valence-electron chi connectivity index (χ1n) is 5.06. The van der Waals surface area contributed by atoms with Crippen LogP contribution in [0.2, 0.25) is 5.02 Å². The van der Waals surface area contributed by atoms with Gasteiger partial charge >= 0.3 is 0 Å². The molecule has 15 heavy (non-hydrogen) atoms. The molecule has 0 fully saturated rings. The van der Waals surface area contributed by atoms with E-state index in [1.807, 2.05) is 25.1 Å². The molecule has 0 bridgehead atoms. The number of hydrogen-bond donors (Lipinski definition) is 1. The van der Waals surface area contributed by atoms with Crippen LogP contribution in [-0.4, -0.2) is 19.0 Å². The summed E-state index contributed by atoms with van der Waals surface area (Å²) in [4.78, 5) is 13.5. The largest absolute Gasteiger partial charge is 0.383 e. The standard InChI is InChI=1S/C11H13ClN2O/c1-2-14-10-7-8(12)3-4-9(10)13-6-5-11(14)15/h3-4,7,13H,2,5-6H2,1H3. The summed E-state index contributed by atoms with van der Waals surface area (Å²) in [5.74, 6) is 0.144. The van der Waals surface area contributed by atoms with Crippen LogP contribution in [0.3, 0.4) is 0 Å². The van der Waals surface area contributed by atoms with E-state index in [4.69, 9.17) is 11.6 Å². The summed E-state index contributed by atoms with van der Waals surface area (Å²) >= 11 is 5.93. The smallest absolute Gasteiger partial charge is 0.228 e. The lowest BCUT2D eigenvalue weighted by Crippen LogP contribution is -2.29. The lowest BCUT2D eigenvalue weighted by molar-refractivity contribution is -0.118. The highest BCUT2D eigenvalue weighted by Gasteiger charge is 2.20. The Hall–Kier alpha value is -1.22. The molecule has 4 heteroatoms. The Morgan fingerprint density at radius 3 is 3.07 bits per heavy atom. The average molecular weight is 225 g/mol. The molecule has 1 heterocycles. The van der Waals surface area contributed by atoms with Crippen LogP contribution in [0.15, 0.2) is 18.2 Å². The van der Waals surface area contributed by atoms with Crippen LogP contribution in [0, 0.1) is 0 Å². The summed E-state index contributed by atoms with van der Waals surface area (Å²) in [6.45, 7) is 3.33. The number of anilines is 2. The molecule has 0 atom stereocenters. The second-order valence-corrected chi connectivity index (χ2v) is 3.91. The van der Waals surface area contributed by atoms with Crippen molar-refractivity contribution in [2.24, 2.45) is 0 Å². The molecule has 2 rings (SSSR count). The maximum Gasteiger partial charge on any atom is 0.228 e. The van der Waals surface area contributed by atoms with Crippen LogP contribution in [0.5, 0.6) is 0 Å². The van der Waals surface area contributed by atoms with Gasteiger partial charge in [-0.3, -0.25) is 4.79 Å². The Morgan fingerprint density at radius 1 is 1.53 bits per heavy atom. The molecular formula is C11H13ClN2O. The number of rotatable bonds is 1. The summed E-state index contributed by atoms with van der Waals surface area (Å²) in [5.41, 5.74) is 1.86. The van der Waals surface area contributed by atoms with E-state index in [1.165, 1.54) is 0 Å². The highest BCUT2D eigenvalue weighted by molar-refractivity contribution is 6.31. The van der Waals surface area contributed by atoms with Gasteiger partial charge in [0, 0.05) is 24.5 Å². The number of nitrogens with one attached hydrogen (secondary N) is 1. The monoisotopic (exact) mass is 224 g/mol. The minimum atomic E-state index is 0.144. The summed E-state index contributed by atoms with van der Waals surface area (Å²) in [5, 5.41) is 3.88. The lowest BCUT2D eigenvalue weighted by Gasteiger charge is -2.20. The van der Waals surface area contributed by atoms with Gasteiger partial charge < -0.3 is 10.2 Å². The van der Waals surface area contributed by atoms with Crippen molar-refractivity contribution in [2.45, 2.75) is 13.3 Å². The highest BCUT2D eigenvalue weighted by Crippen LogP contribution is 2.31. The maximum atomic E-state index is 11.8. The third kappa shape index (κ3) is 1.92. The SMILES string of the molecule is CCN1C(=O)CCNc2ccc(Cl)cc21. The molecule has 0 saturated heterocycles. The van der Waals surface area contributed by atoms with Crippen molar-refractivity contribution in [3.8, 4) is 0 Å². The molecular weight excluding hydrogens is 212 g/mol. The molecule has 0 saturated carbocycles. The molecule has 0 aromatic heterocycles. The summed E-state index contributed by atoms with van der Waals surface area (Å²) in [7, 11) is 0. The van der Waals surface area contributed by atoms with Crippen molar-refractivity contribution >= 4 is 28.9 Å². The number of amides is 1. The van der Waals surface area contributed by atoms with Crippen molar-refractivity contribution in [2.75, 3.05) is 23.3 Å². The van der Waals surface area contributed by atoms with Gasteiger partial charge in [0.25, 0.3) is 0 Å². The van der Waals surface area contributed by atoms with Gasteiger partial charge in [-0.1, -0.05) is 11.6 Å². The Bertz CT molecular complexity index is 392. The zero-order valence-corrected chi connectivity index (χ0v) is 9.34. The molecule has 0 unspecified atom stereocenters. The first kappa shape index (κ1) is 10.3. The summed E-state index contributed by atoms with van der Waals surface area (Å²) in [6, 6.07) is 5.58. The van der Waals surface area contributed by atoms with Gasteiger partial charge in [0.2, 0.25) is 5.91 Å². The van der Waals surface area contributed by atoms with Crippen LogP contribution >= 0.6 is 11.6 Å². The topological polar surface area (TPSA) is 32.3 Å². The second kappa shape index (κ2) is 4.11. The Kier molecular flexibility index (Phi) is 2.82. The Labute approximate surface area is 94.0 Å². The third-order valence-electron chi connectivity index (χ3n) is 2.52. The zero-order valence-electron chi connectivity index (χ0n) is 8.59. The van der Waals surface area contributed by atoms with Gasteiger partial charge in [0.1, 0.15) is 0 Å². The van der Waals surface area contributed by atoms with Gasteiger partial charge in [-0.2, -0.15) is 0 Å². The number of fused-ring (bicyclic) bond motifs is 1. The number of benzene rings is 1. The molecule has 1 amide bonds. The van der Waals surface area contributed by atoms with E-state index < -0.39 is 0 Å². The van der Waals surface area contributed by atoms with Crippen LogP contribution in [0.4, 0.5) is 11.4 Å². The fourth-order valence-corrected chi connectivity index (χ4v) is 1.96. The van der Waals surface area contributed by atoms with E-state index in [0.717, 1.165) is 11.4 Å². The lowest BCUT2D eigenvalue weighted by atomic mass is 10.2. The normalized spacial score (nSPS) is 15.6. The average Bonchev–Trinajstić information content (AvgIpc) is 2.36. The summed E-state index contributed by atoms with van der Waals surface area (Å²) in [6.07, 6.45) is 0.528. The summed E-state index contributed by atoms with van der Waals surface area (Å²) < 4.78 is 0. The quantitative estimate of drug-likeness (QED) is 0.795. The van der Waals surface area contributed by atoms with Crippen molar-refractivity contribution < 1.29 is 4.79 Å². The van der Waals surface area contributed by atoms with Crippen molar-refractivity contribution in [1.29, 1.82) is 0 Å². The molecule has 0 radical (unpaired) electrons. The Morgan fingerprint density at radius 2 is 2.33 bits per heavy atom. The number of halogens is 1. The van der Waals surface area contributed by atoms with E-state index in [-0.39, 0.29) is 5.91 Å². The molecule has 3 nitrogen and oxygen atoms in total. The van der Waals surface area contributed by atoms with E-state index in [1.54, 1.807) is 4.90 Å². The van der Waals surface area contributed by atoms with E-state index in [0.29, 0.717) is 24.5 Å². The van der Waals surface area contributed by atoms with Gasteiger partial charge in [-0.15, -0.1) is 0 Å². The number of hydrogen-bond acceptors (Lipinski definition) is 2. The van der Waals surface area contributed by atoms with Crippen molar-refractivity contribution in [3.63, 3.8) is 0 Å².